The van der Waals surface area contributed by atoms with Crippen LogP contribution in [0.1, 0.15) is 49.6 Å². The molecule has 0 aliphatic rings. The molecule has 3 N–H and O–H groups in total. The lowest BCUT2D eigenvalue weighted by molar-refractivity contribution is -0.116. The second kappa shape index (κ2) is 12.4. The van der Waals surface area contributed by atoms with Gasteiger partial charge in [-0.2, -0.15) is 0 Å². The Labute approximate surface area is 183 Å². The van der Waals surface area contributed by atoms with Crippen molar-refractivity contribution in [1.29, 1.82) is 0 Å². The predicted molar refractivity (Wildman–Crippen MR) is 123 cm³/mol. The van der Waals surface area contributed by atoms with Gasteiger partial charge in [0.25, 0.3) is 0 Å². The number of aliphatic imine (C=N–C) groups is 1. The van der Waals surface area contributed by atoms with Crippen LogP contribution in [0.2, 0.25) is 0 Å². The van der Waals surface area contributed by atoms with Gasteiger partial charge in [0.1, 0.15) is 5.76 Å². The monoisotopic (exact) mass is 499 g/mol. The van der Waals surface area contributed by atoms with Gasteiger partial charge < -0.3 is 20.4 Å². The molecular weight excluding hydrogens is 469 g/mol. The predicted octanol–water partition coefficient (Wildman–Crippen LogP) is 3.90. The van der Waals surface area contributed by atoms with Crippen molar-refractivity contribution in [3.8, 4) is 0 Å². The Morgan fingerprint density at radius 3 is 2.64 bits per heavy atom. The van der Waals surface area contributed by atoms with E-state index in [1.165, 1.54) is 0 Å². The van der Waals surface area contributed by atoms with E-state index in [1.807, 2.05) is 52.0 Å². The van der Waals surface area contributed by atoms with Gasteiger partial charge in [0, 0.05) is 18.7 Å². The van der Waals surface area contributed by atoms with E-state index in [0.717, 1.165) is 35.7 Å². The highest BCUT2D eigenvalue weighted by Crippen LogP contribution is 2.12. The van der Waals surface area contributed by atoms with E-state index >= 15 is 0 Å². The number of aryl methyl sites for hydroxylation is 2. The van der Waals surface area contributed by atoms with E-state index in [-0.39, 0.29) is 29.9 Å². The van der Waals surface area contributed by atoms with Gasteiger partial charge in [-0.3, -0.25) is 4.79 Å². The molecule has 0 saturated heterocycles. The summed E-state index contributed by atoms with van der Waals surface area (Å²) in [5, 5.41) is 9.34. The lowest BCUT2D eigenvalue weighted by Crippen LogP contribution is -2.36. The highest BCUT2D eigenvalue weighted by molar-refractivity contribution is 14.0. The van der Waals surface area contributed by atoms with E-state index in [1.54, 1.807) is 0 Å². The third-order valence-electron chi connectivity index (χ3n) is 3.93. The van der Waals surface area contributed by atoms with Crippen molar-refractivity contribution in [1.82, 2.24) is 15.6 Å². The van der Waals surface area contributed by atoms with Gasteiger partial charge in [-0.1, -0.05) is 19.1 Å². The molecule has 0 spiro atoms. The summed E-state index contributed by atoms with van der Waals surface area (Å²) in [6.45, 7) is 9.54. The summed E-state index contributed by atoms with van der Waals surface area (Å²) >= 11 is 0. The molecule has 0 fully saturated rings. The summed E-state index contributed by atoms with van der Waals surface area (Å²) in [6.07, 6.45) is 1.35. The van der Waals surface area contributed by atoms with Crippen LogP contribution in [0.25, 0.3) is 0 Å². The summed E-state index contributed by atoms with van der Waals surface area (Å²) in [4.78, 5) is 20.7. The minimum atomic E-state index is 0. The summed E-state index contributed by atoms with van der Waals surface area (Å²) in [6, 6.07) is 7.74. The molecule has 0 unspecified atom stereocenters. The van der Waals surface area contributed by atoms with E-state index in [9.17, 15) is 4.79 Å². The van der Waals surface area contributed by atoms with Crippen molar-refractivity contribution in [2.75, 3.05) is 11.9 Å². The van der Waals surface area contributed by atoms with Crippen molar-refractivity contribution < 1.29 is 9.21 Å². The average Bonchev–Trinajstić information content (AvgIpc) is 2.96. The Morgan fingerprint density at radius 1 is 1.21 bits per heavy atom. The number of carbonyl (C=O) groups excluding carboxylic acids is 1. The van der Waals surface area contributed by atoms with E-state index < -0.39 is 0 Å². The first-order chi connectivity index (χ1) is 13.0. The molecule has 0 atom stereocenters. The Bertz CT molecular complexity index is 769. The number of hydrogen-bond acceptors (Lipinski definition) is 4. The molecule has 1 amide bonds. The van der Waals surface area contributed by atoms with Gasteiger partial charge in [0.2, 0.25) is 11.8 Å². The molecule has 0 aliphatic heterocycles. The first-order valence-corrected chi connectivity index (χ1v) is 9.35. The molecular formula is C20H30IN5O2. The number of nitrogens with zero attached hydrogens (tertiary/aromatic N) is 2. The molecule has 2 aromatic rings. The van der Waals surface area contributed by atoms with Crippen LogP contribution in [0, 0.1) is 13.8 Å². The fraction of sp³-hybridized carbons (Fsp3) is 0.450. The molecule has 1 heterocycles. The van der Waals surface area contributed by atoms with Crippen molar-refractivity contribution in [2.24, 2.45) is 4.99 Å². The van der Waals surface area contributed by atoms with Gasteiger partial charge in [-0.05, 0) is 44.9 Å². The van der Waals surface area contributed by atoms with Crippen LogP contribution in [0.5, 0.6) is 0 Å². The van der Waals surface area contributed by atoms with E-state index in [4.69, 9.17) is 4.42 Å². The standard InChI is InChI=1S/C20H29N5O2.HI/c1-5-8-18(26)25-17-10-7-9-16(11-17)12-22-20(21-6-2)23-13-19-24-14(3)15(4)27-19;/h7,9-11H,5-6,8,12-13H2,1-4H3,(H,25,26)(H2,21,22,23);1H. The third kappa shape index (κ3) is 7.87. The molecule has 2 rings (SSSR count). The fourth-order valence-electron chi connectivity index (χ4n) is 2.48. The van der Waals surface area contributed by atoms with Crippen molar-refractivity contribution >= 4 is 41.5 Å². The van der Waals surface area contributed by atoms with Crippen LogP contribution in [-0.4, -0.2) is 23.4 Å². The topological polar surface area (TPSA) is 91.5 Å². The van der Waals surface area contributed by atoms with Crippen molar-refractivity contribution in [2.45, 2.75) is 53.6 Å². The highest BCUT2D eigenvalue weighted by atomic mass is 127. The Kier molecular flexibility index (Phi) is 10.6. The molecule has 154 valence electrons. The molecule has 0 saturated carbocycles. The molecule has 28 heavy (non-hydrogen) atoms. The van der Waals surface area contributed by atoms with Crippen LogP contribution < -0.4 is 16.0 Å². The number of hydrogen-bond donors (Lipinski definition) is 3. The normalized spacial score (nSPS) is 10.9. The maximum atomic E-state index is 11.7. The number of rotatable bonds is 8. The first-order valence-electron chi connectivity index (χ1n) is 9.35. The van der Waals surface area contributed by atoms with Gasteiger partial charge in [0.05, 0.1) is 18.8 Å². The quantitative estimate of drug-likeness (QED) is 0.291. The average molecular weight is 499 g/mol. The number of guanidine groups is 1. The number of amides is 1. The Hall–Kier alpha value is -2.10. The summed E-state index contributed by atoms with van der Waals surface area (Å²) in [5.74, 6) is 2.18. The highest BCUT2D eigenvalue weighted by Gasteiger charge is 2.07. The second-order valence-corrected chi connectivity index (χ2v) is 6.30. The van der Waals surface area contributed by atoms with Gasteiger partial charge in [0.15, 0.2) is 5.96 Å². The summed E-state index contributed by atoms with van der Waals surface area (Å²) < 4.78 is 5.58. The minimum Gasteiger partial charge on any atom is -0.444 e. The summed E-state index contributed by atoms with van der Waals surface area (Å²) in [5.41, 5.74) is 2.71. The number of halogens is 1. The largest absolute Gasteiger partial charge is 0.444 e. The van der Waals surface area contributed by atoms with Crippen molar-refractivity contribution in [3.63, 3.8) is 0 Å². The molecule has 0 aliphatic carbocycles. The molecule has 1 aromatic carbocycles. The maximum absolute atomic E-state index is 11.7. The van der Waals surface area contributed by atoms with Gasteiger partial charge in [-0.15, -0.1) is 24.0 Å². The molecule has 0 bridgehead atoms. The smallest absolute Gasteiger partial charge is 0.224 e. The van der Waals surface area contributed by atoms with Crippen LogP contribution in [0.3, 0.4) is 0 Å². The number of nitrogens with one attached hydrogen (secondary N) is 3. The lowest BCUT2D eigenvalue weighted by atomic mass is 10.2. The molecule has 0 radical (unpaired) electrons. The van der Waals surface area contributed by atoms with Gasteiger partial charge in [-0.25, -0.2) is 9.98 Å². The minimum absolute atomic E-state index is 0. The number of benzene rings is 1. The third-order valence-corrected chi connectivity index (χ3v) is 3.93. The van der Waals surface area contributed by atoms with Crippen molar-refractivity contribution in [3.05, 3.63) is 47.2 Å². The van der Waals surface area contributed by atoms with E-state index in [0.29, 0.717) is 31.4 Å². The molecule has 8 heteroatoms. The Morgan fingerprint density at radius 2 is 2.00 bits per heavy atom. The zero-order valence-corrected chi connectivity index (χ0v) is 19.3. The maximum Gasteiger partial charge on any atom is 0.224 e. The fourth-order valence-corrected chi connectivity index (χ4v) is 2.48. The molecule has 1 aromatic heterocycles. The van der Waals surface area contributed by atoms with E-state index in [2.05, 4.69) is 25.9 Å². The zero-order valence-electron chi connectivity index (χ0n) is 17.0. The SMILES string of the molecule is CCCC(=O)Nc1cccc(CN=C(NCC)NCc2nc(C)c(C)o2)c1.I. The number of aromatic nitrogens is 1. The van der Waals surface area contributed by atoms with Crippen LogP contribution >= 0.6 is 24.0 Å². The number of oxazole rings is 1. The van der Waals surface area contributed by atoms with Gasteiger partial charge >= 0.3 is 0 Å². The summed E-state index contributed by atoms with van der Waals surface area (Å²) in [7, 11) is 0. The van der Waals surface area contributed by atoms with Crippen LogP contribution in [0.4, 0.5) is 5.69 Å². The first kappa shape index (κ1) is 23.9. The molecule has 7 nitrogen and oxygen atoms in total. The Balaban J connectivity index is 0.00000392. The number of carbonyl (C=O) groups is 1. The lowest BCUT2D eigenvalue weighted by Gasteiger charge is -2.10. The number of anilines is 1. The van der Waals surface area contributed by atoms with Crippen LogP contribution in [-0.2, 0) is 17.9 Å². The van der Waals surface area contributed by atoms with Crippen LogP contribution in [0.15, 0.2) is 33.7 Å². The zero-order chi connectivity index (χ0) is 19.6. The second-order valence-electron chi connectivity index (χ2n) is 6.30.